The molecule has 2 atom stereocenters. The Labute approximate surface area is 216 Å². The van der Waals surface area contributed by atoms with Crippen LogP contribution in [0.3, 0.4) is 0 Å². The maximum absolute atomic E-state index is 14.0. The maximum Gasteiger partial charge on any atom is 0.251 e. The summed E-state index contributed by atoms with van der Waals surface area (Å²) in [5.74, 6) is -0.880. The van der Waals surface area contributed by atoms with Crippen molar-refractivity contribution in [2.45, 2.75) is 25.8 Å². The fraction of sp³-hybridized carbons (Fsp3) is 0.179. The van der Waals surface area contributed by atoms with Crippen LogP contribution in [-0.4, -0.2) is 34.2 Å². The highest BCUT2D eigenvalue weighted by molar-refractivity contribution is 9.10. The summed E-state index contributed by atoms with van der Waals surface area (Å²) in [6.45, 7) is 4.18. The molecule has 5 rings (SSSR count). The molecule has 182 valence electrons. The zero-order valence-corrected chi connectivity index (χ0v) is 21.4. The van der Waals surface area contributed by atoms with Crippen molar-refractivity contribution < 1.29 is 14.0 Å². The van der Waals surface area contributed by atoms with Gasteiger partial charge in [-0.25, -0.2) is 9.07 Å². The predicted molar refractivity (Wildman–Crippen MR) is 140 cm³/mol. The standard InChI is InChI=1S/C28H24BrFN4O2/c1-3-33-27-23(17(2)32-34(27)22-10-5-4-6-11-22)24(18-12-14-21(30)15-13-18)25(28(33)36)31-26(35)19-8-7-9-20(29)16-19/h4-16,24-25H,3H2,1-2H3,(H,31,35)/t24-,25?/m0/s1. The molecule has 1 aliphatic heterocycles. The Morgan fingerprint density at radius 2 is 1.78 bits per heavy atom. The van der Waals surface area contributed by atoms with Crippen molar-refractivity contribution in [1.82, 2.24) is 15.1 Å². The van der Waals surface area contributed by atoms with E-state index in [4.69, 9.17) is 5.10 Å². The number of rotatable bonds is 5. The summed E-state index contributed by atoms with van der Waals surface area (Å²) < 4.78 is 16.4. The molecule has 2 heterocycles. The molecule has 36 heavy (non-hydrogen) atoms. The van der Waals surface area contributed by atoms with E-state index in [1.165, 1.54) is 12.1 Å². The quantitative estimate of drug-likeness (QED) is 0.365. The summed E-state index contributed by atoms with van der Waals surface area (Å²) in [4.78, 5) is 28.9. The first-order valence-corrected chi connectivity index (χ1v) is 12.5. The Bertz CT molecular complexity index is 1440. The van der Waals surface area contributed by atoms with E-state index in [2.05, 4.69) is 21.2 Å². The van der Waals surface area contributed by atoms with Crippen LogP contribution in [0, 0.1) is 12.7 Å². The van der Waals surface area contributed by atoms with Crippen molar-refractivity contribution in [1.29, 1.82) is 0 Å². The maximum atomic E-state index is 14.0. The fourth-order valence-electron chi connectivity index (χ4n) is 4.82. The number of fused-ring (bicyclic) bond motifs is 1. The first kappa shape index (κ1) is 23.9. The number of nitrogens with one attached hydrogen (secondary N) is 1. The van der Waals surface area contributed by atoms with Gasteiger partial charge < -0.3 is 5.32 Å². The molecule has 0 spiro atoms. The molecule has 1 N–H and O–H groups in total. The van der Waals surface area contributed by atoms with Gasteiger partial charge in [0.2, 0.25) is 0 Å². The van der Waals surface area contributed by atoms with Gasteiger partial charge in [0.05, 0.1) is 11.4 Å². The summed E-state index contributed by atoms with van der Waals surface area (Å²) >= 11 is 3.40. The van der Waals surface area contributed by atoms with Crippen LogP contribution in [0.4, 0.5) is 10.2 Å². The summed E-state index contributed by atoms with van der Waals surface area (Å²) in [5.41, 5.74) is 3.53. The lowest BCUT2D eigenvalue weighted by atomic mass is 9.81. The minimum absolute atomic E-state index is 0.250. The molecular formula is C28H24BrFN4O2. The molecule has 0 saturated carbocycles. The summed E-state index contributed by atoms with van der Waals surface area (Å²) in [5, 5.41) is 7.78. The lowest BCUT2D eigenvalue weighted by molar-refractivity contribution is -0.121. The first-order valence-electron chi connectivity index (χ1n) is 11.7. The van der Waals surface area contributed by atoms with Gasteiger partial charge in [-0.2, -0.15) is 5.10 Å². The van der Waals surface area contributed by atoms with E-state index in [9.17, 15) is 14.0 Å². The van der Waals surface area contributed by atoms with E-state index in [1.54, 1.807) is 39.9 Å². The number of para-hydroxylation sites is 1. The minimum atomic E-state index is -0.901. The molecule has 1 unspecified atom stereocenters. The summed E-state index contributed by atoms with van der Waals surface area (Å²) in [6, 6.07) is 21.8. The number of benzene rings is 3. The van der Waals surface area contributed by atoms with Gasteiger partial charge in [-0.3, -0.25) is 14.5 Å². The molecule has 1 aliphatic rings. The molecule has 1 aromatic heterocycles. The Balaban J connectivity index is 1.68. The van der Waals surface area contributed by atoms with Crippen LogP contribution in [0.25, 0.3) is 5.69 Å². The van der Waals surface area contributed by atoms with Gasteiger partial charge in [0.1, 0.15) is 17.7 Å². The topological polar surface area (TPSA) is 67.2 Å². The second kappa shape index (κ2) is 9.70. The molecule has 3 aromatic carbocycles. The van der Waals surface area contributed by atoms with E-state index in [0.717, 1.165) is 27.0 Å². The fourth-order valence-corrected chi connectivity index (χ4v) is 5.22. The number of amides is 2. The SMILES string of the molecule is CCN1C(=O)C(NC(=O)c2cccc(Br)c2)[C@@H](c2ccc(F)cc2)c2c(C)nn(-c3ccccc3)c21. The van der Waals surface area contributed by atoms with Gasteiger partial charge in [-0.15, -0.1) is 0 Å². The third-order valence-corrected chi connectivity index (χ3v) is 6.93. The van der Waals surface area contributed by atoms with Crippen LogP contribution < -0.4 is 10.2 Å². The smallest absolute Gasteiger partial charge is 0.251 e. The molecule has 0 fully saturated rings. The molecule has 0 bridgehead atoms. The molecule has 4 aromatic rings. The number of carbonyl (C=O) groups is 2. The van der Waals surface area contributed by atoms with Gasteiger partial charge in [-0.05, 0) is 61.9 Å². The zero-order chi connectivity index (χ0) is 25.4. The third kappa shape index (κ3) is 4.22. The predicted octanol–water partition coefficient (Wildman–Crippen LogP) is 5.38. The summed E-state index contributed by atoms with van der Waals surface area (Å²) in [6.07, 6.45) is 0. The number of hydrogen-bond acceptors (Lipinski definition) is 3. The minimum Gasteiger partial charge on any atom is -0.339 e. The highest BCUT2D eigenvalue weighted by atomic mass is 79.9. The van der Waals surface area contributed by atoms with Crippen molar-refractivity contribution in [3.8, 4) is 5.69 Å². The lowest BCUT2D eigenvalue weighted by Gasteiger charge is -2.38. The van der Waals surface area contributed by atoms with E-state index in [0.29, 0.717) is 17.9 Å². The molecule has 8 heteroatoms. The zero-order valence-electron chi connectivity index (χ0n) is 19.8. The average Bonchev–Trinajstić information content (AvgIpc) is 3.22. The van der Waals surface area contributed by atoms with Crippen LogP contribution in [-0.2, 0) is 4.79 Å². The number of anilines is 1. The molecule has 0 aliphatic carbocycles. The summed E-state index contributed by atoms with van der Waals surface area (Å²) in [7, 11) is 0. The normalized spacial score (nSPS) is 17.1. The van der Waals surface area contributed by atoms with Crippen LogP contribution in [0.5, 0.6) is 0 Å². The molecular weight excluding hydrogens is 523 g/mol. The van der Waals surface area contributed by atoms with E-state index < -0.39 is 12.0 Å². The number of nitrogens with zero attached hydrogens (tertiary/aromatic N) is 3. The molecule has 6 nitrogen and oxygen atoms in total. The number of carbonyl (C=O) groups excluding carboxylic acids is 2. The number of likely N-dealkylation sites (N-methyl/N-ethyl adjacent to an activating group) is 1. The van der Waals surface area contributed by atoms with Crippen LogP contribution in [0.1, 0.15) is 40.0 Å². The number of aromatic nitrogens is 2. The van der Waals surface area contributed by atoms with E-state index in [-0.39, 0.29) is 17.6 Å². The van der Waals surface area contributed by atoms with Gasteiger partial charge >= 0.3 is 0 Å². The number of aryl methyl sites for hydroxylation is 1. The first-order chi connectivity index (χ1) is 17.4. The Morgan fingerprint density at radius 1 is 1.06 bits per heavy atom. The Morgan fingerprint density at radius 3 is 2.44 bits per heavy atom. The lowest BCUT2D eigenvalue weighted by Crippen LogP contribution is -2.55. The van der Waals surface area contributed by atoms with E-state index >= 15 is 0 Å². The van der Waals surface area contributed by atoms with Crippen LogP contribution in [0.15, 0.2) is 83.3 Å². The van der Waals surface area contributed by atoms with Crippen molar-refractivity contribution in [2.24, 2.45) is 0 Å². The third-order valence-electron chi connectivity index (χ3n) is 6.43. The molecule has 2 amide bonds. The second-order valence-electron chi connectivity index (χ2n) is 8.64. The highest BCUT2D eigenvalue weighted by Crippen LogP contribution is 2.43. The number of halogens is 2. The monoisotopic (exact) mass is 546 g/mol. The van der Waals surface area contributed by atoms with Crippen LogP contribution >= 0.6 is 15.9 Å². The van der Waals surface area contributed by atoms with Gasteiger partial charge in [-0.1, -0.05) is 52.3 Å². The van der Waals surface area contributed by atoms with Crippen molar-refractivity contribution >= 4 is 33.6 Å². The van der Waals surface area contributed by atoms with Gasteiger partial charge in [0, 0.05) is 28.1 Å². The molecule has 0 radical (unpaired) electrons. The highest BCUT2D eigenvalue weighted by Gasteiger charge is 2.45. The van der Waals surface area contributed by atoms with E-state index in [1.807, 2.05) is 50.2 Å². The van der Waals surface area contributed by atoms with Crippen molar-refractivity contribution in [3.63, 3.8) is 0 Å². The van der Waals surface area contributed by atoms with Crippen molar-refractivity contribution in [2.75, 3.05) is 11.4 Å². The average molecular weight is 547 g/mol. The van der Waals surface area contributed by atoms with Crippen LogP contribution in [0.2, 0.25) is 0 Å². The molecule has 0 saturated heterocycles. The van der Waals surface area contributed by atoms with Crippen molar-refractivity contribution in [3.05, 3.63) is 112 Å². The van der Waals surface area contributed by atoms with Gasteiger partial charge in [0.15, 0.2) is 0 Å². The Hall–Kier alpha value is -3.78. The number of hydrogen-bond donors (Lipinski definition) is 1. The second-order valence-corrected chi connectivity index (χ2v) is 9.56. The Kier molecular flexibility index (Phi) is 6.45. The van der Waals surface area contributed by atoms with Gasteiger partial charge in [0.25, 0.3) is 11.8 Å². The largest absolute Gasteiger partial charge is 0.339 e.